The molecule has 0 bridgehead atoms. The number of hydrogen-bond acceptors (Lipinski definition) is 4. The molecular formula is C20H15F2N3O2. The topological polar surface area (TPSA) is 75.1 Å². The van der Waals surface area contributed by atoms with E-state index in [1.807, 2.05) is 0 Å². The molecule has 0 spiro atoms. The SMILES string of the molecule is O=C(O)c1ccc(Nc2nc(-c3ccc(F)c(F)c3)nc3c2CCC3)cc1. The van der Waals surface area contributed by atoms with Crippen LogP contribution in [0.1, 0.15) is 28.0 Å². The lowest BCUT2D eigenvalue weighted by Crippen LogP contribution is -2.04. The van der Waals surface area contributed by atoms with E-state index in [4.69, 9.17) is 5.11 Å². The second-order valence-corrected chi connectivity index (χ2v) is 6.31. The summed E-state index contributed by atoms with van der Waals surface area (Å²) in [6.07, 6.45) is 2.56. The molecule has 0 aliphatic heterocycles. The van der Waals surface area contributed by atoms with Gasteiger partial charge in [-0.15, -0.1) is 0 Å². The summed E-state index contributed by atoms with van der Waals surface area (Å²) >= 11 is 0. The Labute approximate surface area is 153 Å². The van der Waals surface area contributed by atoms with Gasteiger partial charge in [0.15, 0.2) is 17.5 Å². The fourth-order valence-corrected chi connectivity index (χ4v) is 3.13. The highest BCUT2D eigenvalue weighted by atomic mass is 19.2. The number of fused-ring (bicyclic) bond motifs is 1. The average Bonchev–Trinajstić information content (AvgIpc) is 3.13. The van der Waals surface area contributed by atoms with Gasteiger partial charge in [-0.05, 0) is 61.7 Å². The summed E-state index contributed by atoms with van der Waals surface area (Å²) in [5.41, 5.74) is 3.14. The van der Waals surface area contributed by atoms with Crippen molar-refractivity contribution in [1.29, 1.82) is 0 Å². The molecule has 0 amide bonds. The van der Waals surface area contributed by atoms with Gasteiger partial charge >= 0.3 is 5.97 Å². The van der Waals surface area contributed by atoms with Gasteiger partial charge in [0.25, 0.3) is 0 Å². The molecule has 1 aromatic heterocycles. The van der Waals surface area contributed by atoms with Crippen molar-refractivity contribution < 1.29 is 18.7 Å². The Morgan fingerprint density at radius 2 is 1.78 bits per heavy atom. The number of carbonyl (C=O) groups is 1. The Bertz CT molecular complexity index is 1040. The first-order valence-corrected chi connectivity index (χ1v) is 8.47. The Morgan fingerprint density at radius 3 is 2.48 bits per heavy atom. The van der Waals surface area contributed by atoms with Gasteiger partial charge in [-0.25, -0.2) is 23.5 Å². The minimum absolute atomic E-state index is 0.191. The van der Waals surface area contributed by atoms with E-state index in [0.717, 1.165) is 42.7 Å². The molecule has 3 aromatic rings. The number of aryl methyl sites for hydroxylation is 1. The molecule has 2 N–H and O–H groups in total. The number of nitrogens with zero attached hydrogens (tertiary/aromatic N) is 2. The highest BCUT2D eigenvalue weighted by molar-refractivity contribution is 5.88. The third kappa shape index (κ3) is 3.36. The molecule has 1 aliphatic rings. The first kappa shape index (κ1) is 17.1. The average molecular weight is 367 g/mol. The van der Waals surface area contributed by atoms with Crippen LogP contribution in [0.25, 0.3) is 11.4 Å². The van der Waals surface area contributed by atoms with Crippen molar-refractivity contribution in [1.82, 2.24) is 9.97 Å². The van der Waals surface area contributed by atoms with Gasteiger partial charge in [0, 0.05) is 22.5 Å². The van der Waals surface area contributed by atoms with Crippen molar-refractivity contribution >= 4 is 17.5 Å². The molecule has 0 saturated heterocycles. The summed E-state index contributed by atoms with van der Waals surface area (Å²) in [5, 5.41) is 12.2. The first-order valence-electron chi connectivity index (χ1n) is 8.47. The van der Waals surface area contributed by atoms with Gasteiger partial charge in [0.05, 0.1) is 5.56 Å². The lowest BCUT2D eigenvalue weighted by Gasteiger charge is -2.13. The standard InChI is InChI=1S/C20H15F2N3O2/c21-15-9-6-12(10-16(15)22)18-24-17-3-1-2-14(17)19(25-18)23-13-7-4-11(5-8-13)20(26)27/h4-10H,1-3H2,(H,26,27)(H,23,24,25). The number of rotatable bonds is 4. The monoisotopic (exact) mass is 367 g/mol. The van der Waals surface area contributed by atoms with E-state index in [0.29, 0.717) is 22.9 Å². The molecule has 0 unspecified atom stereocenters. The lowest BCUT2D eigenvalue weighted by molar-refractivity contribution is 0.0697. The van der Waals surface area contributed by atoms with Crippen LogP contribution in [0.15, 0.2) is 42.5 Å². The van der Waals surface area contributed by atoms with Gasteiger partial charge < -0.3 is 10.4 Å². The van der Waals surface area contributed by atoms with E-state index in [1.54, 1.807) is 12.1 Å². The lowest BCUT2D eigenvalue weighted by atomic mass is 10.1. The third-order valence-corrected chi connectivity index (χ3v) is 4.51. The number of aromatic carboxylic acids is 1. The smallest absolute Gasteiger partial charge is 0.335 e. The van der Waals surface area contributed by atoms with Crippen molar-refractivity contribution in [3.63, 3.8) is 0 Å². The predicted octanol–water partition coefficient (Wildman–Crippen LogP) is 4.35. The van der Waals surface area contributed by atoms with E-state index in [1.165, 1.54) is 18.2 Å². The van der Waals surface area contributed by atoms with Crippen LogP contribution in [0.4, 0.5) is 20.3 Å². The summed E-state index contributed by atoms with van der Waals surface area (Å²) in [4.78, 5) is 20.0. The predicted molar refractivity (Wildman–Crippen MR) is 96.1 cm³/mol. The molecule has 0 atom stereocenters. The fraction of sp³-hybridized carbons (Fsp3) is 0.150. The number of nitrogens with one attached hydrogen (secondary N) is 1. The normalized spacial score (nSPS) is 12.7. The third-order valence-electron chi connectivity index (χ3n) is 4.51. The number of halogens is 2. The molecule has 0 saturated carbocycles. The molecule has 1 aliphatic carbocycles. The van der Waals surface area contributed by atoms with E-state index in [9.17, 15) is 13.6 Å². The first-order chi connectivity index (χ1) is 13.0. The molecule has 1 heterocycles. The van der Waals surface area contributed by atoms with Crippen LogP contribution in [-0.4, -0.2) is 21.0 Å². The maximum absolute atomic E-state index is 13.6. The van der Waals surface area contributed by atoms with Gasteiger partial charge in [-0.1, -0.05) is 0 Å². The van der Waals surface area contributed by atoms with E-state index < -0.39 is 17.6 Å². The maximum Gasteiger partial charge on any atom is 0.335 e. The molecule has 0 radical (unpaired) electrons. The Balaban J connectivity index is 1.72. The molecular weight excluding hydrogens is 352 g/mol. The minimum atomic E-state index is -0.995. The van der Waals surface area contributed by atoms with Crippen LogP contribution in [0, 0.1) is 11.6 Å². The van der Waals surface area contributed by atoms with Crippen molar-refractivity contribution in [3.05, 3.63) is 70.9 Å². The molecule has 27 heavy (non-hydrogen) atoms. The molecule has 0 fully saturated rings. The van der Waals surface area contributed by atoms with E-state index >= 15 is 0 Å². The summed E-state index contributed by atoms with van der Waals surface area (Å²) < 4.78 is 26.8. The van der Waals surface area contributed by atoms with Gasteiger partial charge in [0.2, 0.25) is 0 Å². The highest BCUT2D eigenvalue weighted by Gasteiger charge is 2.20. The van der Waals surface area contributed by atoms with Crippen LogP contribution in [-0.2, 0) is 12.8 Å². The number of aromatic nitrogens is 2. The Morgan fingerprint density at radius 1 is 1.00 bits per heavy atom. The van der Waals surface area contributed by atoms with Crippen molar-refractivity contribution in [2.75, 3.05) is 5.32 Å². The van der Waals surface area contributed by atoms with Gasteiger partial charge in [-0.3, -0.25) is 0 Å². The molecule has 4 rings (SSSR count). The number of carboxylic acid groups (broad SMARTS) is 1. The fourth-order valence-electron chi connectivity index (χ4n) is 3.13. The van der Waals surface area contributed by atoms with Gasteiger partial charge in [0.1, 0.15) is 5.82 Å². The summed E-state index contributed by atoms with van der Waals surface area (Å²) in [6, 6.07) is 9.90. The summed E-state index contributed by atoms with van der Waals surface area (Å²) in [5.74, 6) is -1.95. The minimum Gasteiger partial charge on any atom is -0.478 e. The zero-order valence-corrected chi connectivity index (χ0v) is 14.2. The van der Waals surface area contributed by atoms with E-state index in [-0.39, 0.29) is 5.56 Å². The largest absolute Gasteiger partial charge is 0.478 e. The molecule has 2 aromatic carbocycles. The number of carboxylic acids is 1. The number of benzene rings is 2. The Kier molecular flexibility index (Phi) is 4.27. The summed E-state index contributed by atoms with van der Waals surface area (Å²) in [7, 11) is 0. The highest BCUT2D eigenvalue weighted by Crippen LogP contribution is 2.31. The van der Waals surface area contributed by atoms with Crippen LogP contribution in [0.3, 0.4) is 0 Å². The zero-order valence-electron chi connectivity index (χ0n) is 14.2. The van der Waals surface area contributed by atoms with Crippen LogP contribution in [0.5, 0.6) is 0 Å². The maximum atomic E-state index is 13.6. The van der Waals surface area contributed by atoms with Crippen LogP contribution >= 0.6 is 0 Å². The second-order valence-electron chi connectivity index (χ2n) is 6.31. The van der Waals surface area contributed by atoms with Crippen LogP contribution < -0.4 is 5.32 Å². The number of anilines is 2. The Hall–Kier alpha value is -3.35. The zero-order chi connectivity index (χ0) is 19.0. The van der Waals surface area contributed by atoms with E-state index in [2.05, 4.69) is 15.3 Å². The summed E-state index contributed by atoms with van der Waals surface area (Å²) in [6.45, 7) is 0. The van der Waals surface area contributed by atoms with Crippen LogP contribution in [0.2, 0.25) is 0 Å². The molecule has 136 valence electrons. The number of hydrogen-bond donors (Lipinski definition) is 2. The quantitative estimate of drug-likeness (QED) is 0.717. The van der Waals surface area contributed by atoms with Crippen molar-refractivity contribution in [3.8, 4) is 11.4 Å². The van der Waals surface area contributed by atoms with Gasteiger partial charge in [-0.2, -0.15) is 0 Å². The molecule has 5 nitrogen and oxygen atoms in total. The van der Waals surface area contributed by atoms with Crippen molar-refractivity contribution in [2.45, 2.75) is 19.3 Å². The molecule has 7 heteroatoms. The van der Waals surface area contributed by atoms with Crippen molar-refractivity contribution in [2.24, 2.45) is 0 Å². The second kappa shape index (κ2) is 6.75.